The lowest BCUT2D eigenvalue weighted by atomic mass is 9.84. The van der Waals surface area contributed by atoms with E-state index in [4.69, 9.17) is 16.3 Å². The molecule has 1 aromatic rings. The van der Waals surface area contributed by atoms with E-state index in [-0.39, 0.29) is 18.3 Å². The molecule has 5 heteroatoms. The molecule has 0 aliphatic carbocycles. The van der Waals surface area contributed by atoms with Crippen molar-refractivity contribution in [1.29, 1.82) is 0 Å². The number of carbonyl (C=O) groups is 2. The van der Waals surface area contributed by atoms with Gasteiger partial charge in [0.2, 0.25) is 0 Å². The fraction of sp³-hybridized carbons (Fsp3) is 0.444. The number of alkyl halides is 1. The van der Waals surface area contributed by atoms with E-state index in [9.17, 15) is 9.59 Å². The molecule has 0 amide bonds. The van der Waals surface area contributed by atoms with Gasteiger partial charge in [0.05, 0.1) is 20.1 Å². The fourth-order valence-electron chi connectivity index (χ4n) is 2.57. The summed E-state index contributed by atoms with van der Waals surface area (Å²) < 4.78 is 9.49. The first-order valence-corrected chi connectivity index (χ1v) is 7.92. The molecule has 0 aliphatic heterocycles. The normalized spacial score (nSPS) is 14.4. The molecule has 0 bridgehead atoms. The Kier molecular flexibility index (Phi) is 8.41. The minimum atomic E-state index is -0.871. The molecule has 0 fully saturated rings. The zero-order valence-electron chi connectivity index (χ0n) is 13.5. The summed E-state index contributed by atoms with van der Waals surface area (Å²) >= 11 is 6.03. The summed E-state index contributed by atoms with van der Waals surface area (Å²) in [6, 6.07) is 9.88. The Morgan fingerprint density at radius 1 is 1.13 bits per heavy atom. The highest BCUT2D eigenvalue weighted by Crippen LogP contribution is 2.31. The molecule has 0 saturated heterocycles. The monoisotopic (exact) mass is 338 g/mol. The quantitative estimate of drug-likeness (QED) is 0.391. The zero-order valence-corrected chi connectivity index (χ0v) is 14.3. The van der Waals surface area contributed by atoms with Crippen molar-refractivity contribution in [2.45, 2.75) is 30.6 Å². The van der Waals surface area contributed by atoms with Gasteiger partial charge in [0.1, 0.15) is 5.38 Å². The second kappa shape index (κ2) is 10.1. The Bertz CT molecular complexity index is 515. The van der Waals surface area contributed by atoms with Gasteiger partial charge in [-0.3, -0.25) is 9.59 Å². The van der Waals surface area contributed by atoms with Gasteiger partial charge in [-0.25, -0.2) is 0 Å². The molecule has 0 spiro atoms. The Morgan fingerprint density at radius 3 is 2.26 bits per heavy atom. The van der Waals surface area contributed by atoms with Gasteiger partial charge in [-0.2, -0.15) is 0 Å². The van der Waals surface area contributed by atoms with Gasteiger partial charge >= 0.3 is 11.9 Å². The Hall–Kier alpha value is -1.81. The summed E-state index contributed by atoms with van der Waals surface area (Å²) in [6.07, 6.45) is 3.26. The summed E-state index contributed by atoms with van der Waals surface area (Å²) in [5.41, 5.74) is 1.12. The Labute approximate surface area is 142 Å². The Morgan fingerprint density at radius 2 is 1.74 bits per heavy atom. The summed E-state index contributed by atoms with van der Waals surface area (Å²) in [5, 5.41) is -0.871. The summed E-state index contributed by atoms with van der Waals surface area (Å²) in [4.78, 5) is 23.6. The number of benzene rings is 1. The number of hydrogen-bond acceptors (Lipinski definition) is 4. The smallest absolute Gasteiger partial charge is 0.323 e. The summed E-state index contributed by atoms with van der Waals surface area (Å²) in [7, 11) is 2.61. The van der Waals surface area contributed by atoms with Crippen molar-refractivity contribution in [2.75, 3.05) is 14.2 Å². The van der Waals surface area contributed by atoms with Gasteiger partial charge < -0.3 is 9.47 Å². The molecule has 3 unspecified atom stereocenters. The first-order chi connectivity index (χ1) is 11.0. The van der Waals surface area contributed by atoms with Crippen molar-refractivity contribution >= 4 is 23.5 Å². The van der Waals surface area contributed by atoms with Crippen LogP contribution in [0.25, 0.3) is 0 Å². The topological polar surface area (TPSA) is 52.6 Å². The summed E-state index contributed by atoms with van der Waals surface area (Å²) in [5.74, 6) is -1.28. The second-order valence-electron chi connectivity index (χ2n) is 5.31. The van der Waals surface area contributed by atoms with Gasteiger partial charge in [0.25, 0.3) is 0 Å². The van der Waals surface area contributed by atoms with Crippen LogP contribution in [0.1, 0.15) is 30.7 Å². The molecule has 0 aliphatic rings. The molecule has 0 N–H and O–H groups in total. The van der Waals surface area contributed by atoms with Crippen LogP contribution in [0.4, 0.5) is 0 Å². The molecule has 4 nitrogen and oxygen atoms in total. The van der Waals surface area contributed by atoms with Crippen molar-refractivity contribution in [3.05, 3.63) is 48.6 Å². The standard InChI is InChI=1S/C18H23ClO4/c1-4-8-14(13-9-6-5-7-10-13)11-15(17(20)22-2)12-16(19)18(21)23-3/h4-7,9-10,14-16H,1,8,11-12H2,2-3H3. The molecule has 1 rings (SSSR count). The maximum absolute atomic E-state index is 12.1. The molecular weight excluding hydrogens is 316 g/mol. The molecule has 0 radical (unpaired) electrons. The van der Waals surface area contributed by atoms with Gasteiger partial charge in [-0.1, -0.05) is 36.4 Å². The molecule has 23 heavy (non-hydrogen) atoms. The molecule has 126 valence electrons. The average Bonchev–Trinajstić information content (AvgIpc) is 2.59. The fourth-order valence-corrected chi connectivity index (χ4v) is 2.87. The van der Waals surface area contributed by atoms with Crippen LogP contribution in [-0.4, -0.2) is 31.5 Å². The van der Waals surface area contributed by atoms with Crippen molar-refractivity contribution in [3.8, 4) is 0 Å². The molecule has 0 heterocycles. The lowest BCUT2D eigenvalue weighted by Gasteiger charge is -2.22. The maximum Gasteiger partial charge on any atom is 0.323 e. The van der Waals surface area contributed by atoms with E-state index < -0.39 is 17.3 Å². The lowest BCUT2D eigenvalue weighted by molar-refractivity contribution is -0.147. The van der Waals surface area contributed by atoms with Crippen LogP contribution in [0.3, 0.4) is 0 Å². The number of halogens is 1. The van der Waals surface area contributed by atoms with Crippen molar-refractivity contribution < 1.29 is 19.1 Å². The third-order valence-electron chi connectivity index (χ3n) is 3.77. The largest absolute Gasteiger partial charge is 0.469 e. The van der Waals surface area contributed by atoms with Gasteiger partial charge in [-0.15, -0.1) is 18.2 Å². The van der Waals surface area contributed by atoms with Crippen LogP contribution in [0.5, 0.6) is 0 Å². The first-order valence-electron chi connectivity index (χ1n) is 7.49. The number of carbonyl (C=O) groups excluding carboxylic acids is 2. The second-order valence-corrected chi connectivity index (χ2v) is 5.84. The predicted octanol–water partition coefficient (Wildman–Crippen LogP) is 3.70. The lowest BCUT2D eigenvalue weighted by Crippen LogP contribution is -2.26. The SMILES string of the molecule is C=CCC(CC(CC(Cl)C(=O)OC)C(=O)OC)c1ccccc1. The minimum absolute atomic E-state index is 0.110. The van der Waals surface area contributed by atoms with E-state index in [1.165, 1.54) is 14.2 Å². The number of methoxy groups -OCH3 is 2. The molecule has 0 saturated carbocycles. The zero-order chi connectivity index (χ0) is 17.2. The molecular formula is C18H23ClO4. The highest BCUT2D eigenvalue weighted by atomic mass is 35.5. The third-order valence-corrected chi connectivity index (χ3v) is 4.13. The van der Waals surface area contributed by atoms with Crippen LogP contribution in [0, 0.1) is 5.92 Å². The molecule has 3 atom stereocenters. The van der Waals surface area contributed by atoms with Crippen LogP contribution >= 0.6 is 11.6 Å². The van der Waals surface area contributed by atoms with Crippen LogP contribution in [0.15, 0.2) is 43.0 Å². The summed E-state index contributed by atoms with van der Waals surface area (Å²) in [6.45, 7) is 3.78. The van der Waals surface area contributed by atoms with Crippen LogP contribution < -0.4 is 0 Å². The predicted molar refractivity (Wildman–Crippen MR) is 90.4 cm³/mol. The number of allylic oxidation sites excluding steroid dienone is 1. The van der Waals surface area contributed by atoms with Crippen molar-refractivity contribution in [1.82, 2.24) is 0 Å². The number of ether oxygens (including phenoxy) is 2. The minimum Gasteiger partial charge on any atom is -0.469 e. The number of hydrogen-bond donors (Lipinski definition) is 0. The third kappa shape index (κ3) is 6.06. The van der Waals surface area contributed by atoms with Gasteiger partial charge in [-0.05, 0) is 30.7 Å². The van der Waals surface area contributed by atoms with E-state index in [1.54, 1.807) is 0 Å². The number of esters is 2. The van der Waals surface area contributed by atoms with E-state index in [2.05, 4.69) is 11.3 Å². The van der Waals surface area contributed by atoms with Crippen molar-refractivity contribution in [2.24, 2.45) is 5.92 Å². The maximum atomic E-state index is 12.1. The molecule has 0 aromatic heterocycles. The van der Waals surface area contributed by atoms with Crippen molar-refractivity contribution in [3.63, 3.8) is 0 Å². The number of rotatable bonds is 9. The highest BCUT2D eigenvalue weighted by molar-refractivity contribution is 6.29. The average molecular weight is 339 g/mol. The van der Waals surface area contributed by atoms with Crippen LogP contribution in [-0.2, 0) is 19.1 Å². The van der Waals surface area contributed by atoms with E-state index in [0.29, 0.717) is 6.42 Å². The molecule has 1 aromatic carbocycles. The Balaban J connectivity index is 2.90. The van der Waals surface area contributed by atoms with Gasteiger partial charge in [0, 0.05) is 0 Å². The highest BCUT2D eigenvalue weighted by Gasteiger charge is 2.29. The van der Waals surface area contributed by atoms with E-state index in [0.717, 1.165) is 12.0 Å². The van der Waals surface area contributed by atoms with Crippen LogP contribution in [0.2, 0.25) is 0 Å². The van der Waals surface area contributed by atoms with E-state index >= 15 is 0 Å². The van der Waals surface area contributed by atoms with Gasteiger partial charge in [0.15, 0.2) is 0 Å². The first kappa shape index (κ1) is 19.2. The van der Waals surface area contributed by atoms with E-state index in [1.807, 2.05) is 36.4 Å².